The normalized spacial score (nSPS) is 13.6. The Balaban J connectivity index is 1.27. The Morgan fingerprint density at radius 2 is 1.00 bits per heavy atom. The first-order valence-corrected chi connectivity index (χ1v) is 17.1. The van der Waals surface area contributed by atoms with E-state index in [1.54, 1.807) is 42.5 Å². The minimum Gasteiger partial charge on any atom is -0.455 e. The van der Waals surface area contributed by atoms with Crippen LogP contribution in [0.4, 0.5) is 17.1 Å². The molecule has 2 nitrogen and oxygen atoms in total. The Bertz CT molecular complexity index is 3320. The highest BCUT2D eigenvalue weighted by Gasteiger charge is 2.19. The maximum Gasteiger partial charge on any atom is 0.143 e. The van der Waals surface area contributed by atoms with Gasteiger partial charge < -0.3 is 9.32 Å². The number of hydrogen-bond acceptors (Lipinski definition) is 2. The fourth-order valence-electron chi connectivity index (χ4n) is 7.10. The third kappa shape index (κ3) is 5.12. The molecule has 0 atom stereocenters. The molecule has 0 spiro atoms. The van der Waals surface area contributed by atoms with Crippen molar-refractivity contribution in [3.05, 3.63) is 200 Å². The maximum absolute atomic E-state index is 9.65. The SMILES string of the molecule is [2H]c1c([2H])c(N(c2ccccc2-c2ccc3ccc4c5ccccc5oc4c3c2)c2c([2H])c([2H])c(-c3cccc4ccccc34)c([2H])c2[2H])c([2H])c([2H])c1-c1ccccc1. The van der Waals surface area contributed by atoms with Gasteiger partial charge in [0.15, 0.2) is 0 Å². The van der Waals surface area contributed by atoms with Gasteiger partial charge in [0.25, 0.3) is 0 Å². The lowest BCUT2D eigenvalue weighted by Crippen LogP contribution is -2.11. The fourth-order valence-corrected chi connectivity index (χ4v) is 7.10. The van der Waals surface area contributed by atoms with Gasteiger partial charge in [-0.05, 0) is 92.4 Å². The van der Waals surface area contributed by atoms with Crippen molar-refractivity contribution in [1.82, 2.24) is 0 Å². The van der Waals surface area contributed by atoms with Gasteiger partial charge >= 0.3 is 0 Å². The minimum atomic E-state index is -0.403. The zero-order chi connectivity index (χ0) is 41.4. The topological polar surface area (TPSA) is 16.4 Å². The summed E-state index contributed by atoms with van der Waals surface area (Å²) in [6.07, 6.45) is 0. The molecular formula is C50H33NO. The smallest absolute Gasteiger partial charge is 0.143 e. The van der Waals surface area contributed by atoms with Crippen LogP contribution in [0.2, 0.25) is 0 Å². The zero-order valence-corrected chi connectivity index (χ0v) is 27.8. The van der Waals surface area contributed by atoms with E-state index < -0.39 is 24.2 Å². The van der Waals surface area contributed by atoms with E-state index in [9.17, 15) is 11.0 Å². The first kappa shape index (κ1) is 22.7. The molecule has 1 heterocycles. The molecule has 10 aromatic rings. The Morgan fingerprint density at radius 3 is 1.83 bits per heavy atom. The predicted molar refractivity (Wildman–Crippen MR) is 220 cm³/mol. The van der Waals surface area contributed by atoms with Gasteiger partial charge in [0.05, 0.1) is 16.7 Å². The monoisotopic (exact) mass is 671 g/mol. The van der Waals surface area contributed by atoms with E-state index in [1.807, 2.05) is 109 Å². The van der Waals surface area contributed by atoms with Crippen LogP contribution in [0.1, 0.15) is 11.0 Å². The van der Waals surface area contributed by atoms with Gasteiger partial charge in [-0.2, -0.15) is 0 Å². The summed E-state index contributed by atoms with van der Waals surface area (Å²) in [7, 11) is 0. The van der Waals surface area contributed by atoms with Crippen LogP contribution < -0.4 is 4.90 Å². The minimum absolute atomic E-state index is 0.109. The predicted octanol–water partition coefficient (Wildman–Crippen LogP) is 14.4. The van der Waals surface area contributed by atoms with Crippen molar-refractivity contribution in [1.29, 1.82) is 0 Å². The van der Waals surface area contributed by atoms with Gasteiger partial charge in [-0.15, -0.1) is 0 Å². The average Bonchev–Trinajstić information content (AvgIpc) is 3.67. The standard InChI is InChI=1S/C50H33NO/c1-2-11-34(12-3-1)35-23-28-40(29-24-35)51(41-30-25-37(26-31-41)43-18-10-14-36-13-4-5-15-42(36)43)48-19-8-6-16-44(48)39-22-21-38-27-32-46-45-17-7-9-20-49(45)52-50(46)47(38)33-39/h1-33H/i23D,24D,25D,26D,28D,29D,30D,31D. The molecule has 0 saturated heterocycles. The summed E-state index contributed by atoms with van der Waals surface area (Å²) in [6, 6.07) is 44.2. The van der Waals surface area contributed by atoms with Crippen LogP contribution in [0.5, 0.6) is 0 Å². The molecule has 0 saturated carbocycles. The van der Waals surface area contributed by atoms with E-state index >= 15 is 0 Å². The third-order valence-electron chi connectivity index (χ3n) is 9.61. The third-order valence-corrected chi connectivity index (χ3v) is 9.61. The van der Waals surface area contributed by atoms with Crippen LogP contribution in [0.25, 0.3) is 76.9 Å². The number of benzene rings is 9. The van der Waals surface area contributed by atoms with Crippen molar-refractivity contribution in [2.24, 2.45) is 0 Å². The maximum atomic E-state index is 9.65. The molecule has 0 radical (unpaired) electrons. The first-order chi connectivity index (χ1) is 29.1. The van der Waals surface area contributed by atoms with Gasteiger partial charge in [0.1, 0.15) is 11.2 Å². The molecule has 52 heavy (non-hydrogen) atoms. The second-order valence-corrected chi connectivity index (χ2v) is 12.7. The Labute approximate surface area is 313 Å². The van der Waals surface area contributed by atoms with Gasteiger partial charge in [-0.1, -0.05) is 152 Å². The summed E-state index contributed by atoms with van der Waals surface area (Å²) in [5, 5.41) is 5.39. The molecule has 0 amide bonds. The quantitative estimate of drug-likeness (QED) is 0.175. The molecule has 9 aromatic carbocycles. The van der Waals surface area contributed by atoms with Gasteiger partial charge in [-0.25, -0.2) is 0 Å². The van der Waals surface area contributed by atoms with Crippen LogP contribution in [-0.2, 0) is 0 Å². The van der Waals surface area contributed by atoms with Crippen molar-refractivity contribution in [2.45, 2.75) is 0 Å². The van der Waals surface area contributed by atoms with E-state index in [0.717, 1.165) is 43.5 Å². The van der Waals surface area contributed by atoms with Gasteiger partial charge in [-0.3, -0.25) is 0 Å². The molecule has 1 aromatic heterocycles. The number of para-hydroxylation sites is 2. The number of anilines is 3. The molecule has 2 heteroatoms. The van der Waals surface area contributed by atoms with E-state index in [1.165, 1.54) is 4.90 Å². The van der Waals surface area contributed by atoms with Crippen molar-refractivity contribution < 1.29 is 15.4 Å². The lowest BCUT2D eigenvalue weighted by molar-refractivity contribution is 0.672. The van der Waals surface area contributed by atoms with Gasteiger partial charge in [0.2, 0.25) is 0 Å². The molecule has 0 aliphatic rings. The lowest BCUT2D eigenvalue weighted by Gasteiger charge is -2.28. The number of hydrogen-bond donors (Lipinski definition) is 0. The number of nitrogens with zero attached hydrogens (tertiary/aromatic N) is 1. The first-order valence-electron chi connectivity index (χ1n) is 21.1. The Morgan fingerprint density at radius 1 is 0.385 bits per heavy atom. The van der Waals surface area contributed by atoms with E-state index in [4.69, 9.17) is 4.42 Å². The van der Waals surface area contributed by atoms with Crippen LogP contribution in [0, 0.1) is 0 Å². The molecule has 10 rings (SSSR count). The summed E-state index contributed by atoms with van der Waals surface area (Å²) < 4.78 is 82.3. The molecule has 0 aliphatic carbocycles. The highest BCUT2D eigenvalue weighted by Crippen LogP contribution is 2.43. The summed E-state index contributed by atoms with van der Waals surface area (Å²) in [5.74, 6) is 0. The summed E-state index contributed by atoms with van der Waals surface area (Å²) in [4.78, 5) is 1.38. The lowest BCUT2D eigenvalue weighted by atomic mass is 9.96. The molecule has 0 bridgehead atoms. The Kier molecular flexibility index (Phi) is 5.45. The van der Waals surface area contributed by atoms with E-state index in [2.05, 4.69) is 0 Å². The van der Waals surface area contributed by atoms with Crippen LogP contribution in [-0.4, -0.2) is 0 Å². The van der Waals surface area contributed by atoms with Crippen LogP contribution >= 0.6 is 0 Å². The van der Waals surface area contributed by atoms with Gasteiger partial charge in [0, 0.05) is 33.1 Å². The van der Waals surface area contributed by atoms with E-state index in [0.29, 0.717) is 28.0 Å². The largest absolute Gasteiger partial charge is 0.455 e. The van der Waals surface area contributed by atoms with Crippen molar-refractivity contribution >= 4 is 60.5 Å². The Hall–Kier alpha value is -6.90. The molecule has 0 fully saturated rings. The molecule has 0 unspecified atom stereocenters. The molecule has 244 valence electrons. The second kappa shape index (κ2) is 12.5. The summed E-state index contributed by atoms with van der Waals surface area (Å²) in [5.41, 5.74) is 3.95. The fraction of sp³-hybridized carbons (Fsp3) is 0. The summed E-state index contributed by atoms with van der Waals surface area (Å²) in [6.45, 7) is 0. The molecule has 0 N–H and O–H groups in total. The number of furan rings is 1. The summed E-state index contributed by atoms with van der Waals surface area (Å²) >= 11 is 0. The average molecular weight is 672 g/mol. The second-order valence-electron chi connectivity index (χ2n) is 12.7. The van der Waals surface area contributed by atoms with Crippen molar-refractivity contribution in [2.75, 3.05) is 4.90 Å². The van der Waals surface area contributed by atoms with Crippen LogP contribution in [0.3, 0.4) is 0 Å². The van der Waals surface area contributed by atoms with Crippen LogP contribution in [0.15, 0.2) is 204 Å². The number of rotatable bonds is 6. The van der Waals surface area contributed by atoms with Crippen molar-refractivity contribution in [3.8, 4) is 33.4 Å². The highest BCUT2D eigenvalue weighted by molar-refractivity contribution is 6.15. The zero-order valence-electron chi connectivity index (χ0n) is 35.8. The molecular weight excluding hydrogens is 631 g/mol. The highest BCUT2D eigenvalue weighted by atomic mass is 16.3. The molecule has 0 aliphatic heterocycles. The number of fused-ring (bicyclic) bond motifs is 6. The van der Waals surface area contributed by atoms with E-state index in [-0.39, 0.29) is 46.7 Å². The van der Waals surface area contributed by atoms with Crippen molar-refractivity contribution in [3.63, 3.8) is 0 Å².